The van der Waals surface area contributed by atoms with E-state index in [4.69, 9.17) is 0 Å². The Morgan fingerprint density at radius 1 is 0.722 bits per heavy atom. The van der Waals surface area contributed by atoms with Gasteiger partial charge >= 0.3 is 0 Å². The summed E-state index contributed by atoms with van der Waals surface area (Å²) in [5.41, 5.74) is 3.02. The van der Waals surface area contributed by atoms with E-state index in [0.717, 1.165) is 22.5 Å². The van der Waals surface area contributed by atoms with Gasteiger partial charge in [-0.2, -0.15) is 0 Å². The van der Waals surface area contributed by atoms with Crippen LogP contribution in [0.5, 0.6) is 0 Å². The summed E-state index contributed by atoms with van der Waals surface area (Å²) in [5.74, 6) is 0.719. The van der Waals surface area contributed by atoms with Crippen molar-refractivity contribution in [1.29, 1.82) is 0 Å². The van der Waals surface area contributed by atoms with Crippen LogP contribution in [0.15, 0.2) is 61.4 Å². The molecule has 3 aromatic rings. The summed E-state index contributed by atoms with van der Waals surface area (Å²) >= 11 is 0. The molecular weight excluding hydrogens is 224 g/mol. The third-order valence-electron chi connectivity index (χ3n) is 2.58. The van der Waals surface area contributed by atoms with Crippen molar-refractivity contribution in [1.82, 2.24) is 19.9 Å². The zero-order chi connectivity index (χ0) is 12.2. The highest BCUT2D eigenvalue weighted by Crippen LogP contribution is 2.22. The minimum absolute atomic E-state index is 0.719. The maximum Gasteiger partial charge on any atom is 0.159 e. The van der Waals surface area contributed by atoms with Crippen LogP contribution in [-0.2, 0) is 0 Å². The number of rotatable bonds is 2. The summed E-state index contributed by atoms with van der Waals surface area (Å²) in [6.45, 7) is 0. The summed E-state index contributed by atoms with van der Waals surface area (Å²) in [5, 5.41) is 0. The molecule has 4 nitrogen and oxygen atoms in total. The summed E-state index contributed by atoms with van der Waals surface area (Å²) in [7, 11) is 0. The second-order valence-electron chi connectivity index (χ2n) is 3.78. The van der Waals surface area contributed by atoms with Gasteiger partial charge in [0.2, 0.25) is 0 Å². The van der Waals surface area contributed by atoms with Crippen LogP contribution >= 0.6 is 0 Å². The van der Waals surface area contributed by atoms with Gasteiger partial charge in [0.25, 0.3) is 0 Å². The Balaban J connectivity index is 2.05. The van der Waals surface area contributed by atoms with Crippen LogP contribution in [0.3, 0.4) is 0 Å². The fourth-order valence-corrected chi connectivity index (χ4v) is 1.73. The highest BCUT2D eigenvalue weighted by atomic mass is 14.8. The fourth-order valence-electron chi connectivity index (χ4n) is 1.73. The Kier molecular flexibility index (Phi) is 2.75. The van der Waals surface area contributed by atoms with Crippen LogP contribution in [0, 0.1) is 0 Å². The first-order valence-electron chi connectivity index (χ1n) is 5.56. The quantitative estimate of drug-likeness (QED) is 0.684. The van der Waals surface area contributed by atoms with Gasteiger partial charge in [0.05, 0.1) is 0 Å². The molecule has 0 aliphatic rings. The normalized spacial score (nSPS) is 10.2. The molecule has 0 saturated heterocycles. The molecule has 0 radical (unpaired) electrons. The SMILES string of the molecule is c1cnc(-c2cccc(-c3cncnc3)c2)nc1. The molecule has 4 heteroatoms. The Morgan fingerprint density at radius 2 is 1.44 bits per heavy atom. The van der Waals surface area contributed by atoms with E-state index in [1.807, 2.05) is 24.3 Å². The molecule has 1 aromatic carbocycles. The maximum atomic E-state index is 4.24. The first-order chi connectivity index (χ1) is 8.93. The minimum atomic E-state index is 0.719. The topological polar surface area (TPSA) is 51.6 Å². The Bertz CT molecular complexity index is 583. The molecule has 0 aliphatic carbocycles. The van der Waals surface area contributed by atoms with Crippen LogP contribution in [-0.4, -0.2) is 19.9 Å². The average Bonchev–Trinajstić information content (AvgIpc) is 2.49. The number of hydrogen-bond donors (Lipinski definition) is 0. The number of hydrogen-bond acceptors (Lipinski definition) is 4. The standard InChI is InChI=1S/C14H10N4/c1-3-11(13-8-15-10-16-9-13)7-12(4-1)14-17-5-2-6-18-14/h1-10H. The van der Waals surface area contributed by atoms with Gasteiger partial charge in [0, 0.05) is 35.9 Å². The van der Waals surface area contributed by atoms with Gasteiger partial charge in [-0.25, -0.2) is 19.9 Å². The number of benzene rings is 1. The zero-order valence-corrected chi connectivity index (χ0v) is 9.56. The highest BCUT2D eigenvalue weighted by Gasteiger charge is 2.03. The molecule has 0 saturated carbocycles. The molecule has 18 heavy (non-hydrogen) atoms. The van der Waals surface area contributed by atoms with E-state index < -0.39 is 0 Å². The summed E-state index contributed by atoms with van der Waals surface area (Å²) in [4.78, 5) is 16.5. The number of nitrogens with zero attached hydrogens (tertiary/aromatic N) is 4. The molecule has 0 fully saturated rings. The van der Waals surface area contributed by atoms with Gasteiger partial charge in [-0.05, 0) is 17.7 Å². The summed E-state index contributed by atoms with van der Waals surface area (Å²) in [6, 6.07) is 9.83. The van der Waals surface area contributed by atoms with Gasteiger partial charge in [0.1, 0.15) is 6.33 Å². The monoisotopic (exact) mass is 234 g/mol. The lowest BCUT2D eigenvalue weighted by Crippen LogP contribution is -1.88. The molecule has 0 atom stereocenters. The van der Waals surface area contributed by atoms with E-state index in [-0.39, 0.29) is 0 Å². The first kappa shape index (κ1) is 10.5. The molecule has 2 heterocycles. The molecule has 0 bridgehead atoms. The predicted molar refractivity (Wildman–Crippen MR) is 68.5 cm³/mol. The van der Waals surface area contributed by atoms with Gasteiger partial charge in [-0.3, -0.25) is 0 Å². The maximum absolute atomic E-state index is 4.24. The molecule has 0 aliphatic heterocycles. The molecule has 0 spiro atoms. The van der Waals surface area contributed by atoms with Crippen LogP contribution in [0.2, 0.25) is 0 Å². The second-order valence-corrected chi connectivity index (χ2v) is 3.78. The summed E-state index contributed by atoms with van der Waals surface area (Å²) in [6.07, 6.45) is 8.57. The second kappa shape index (κ2) is 4.71. The van der Waals surface area contributed by atoms with Crippen molar-refractivity contribution in [2.24, 2.45) is 0 Å². The van der Waals surface area contributed by atoms with Gasteiger partial charge < -0.3 is 0 Å². The predicted octanol–water partition coefficient (Wildman–Crippen LogP) is 2.60. The fraction of sp³-hybridized carbons (Fsp3) is 0. The molecular formula is C14H10N4. The van der Waals surface area contributed by atoms with Crippen LogP contribution in [0.25, 0.3) is 22.5 Å². The third kappa shape index (κ3) is 2.08. The van der Waals surface area contributed by atoms with E-state index in [1.165, 1.54) is 6.33 Å². The Hall–Kier alpha value is -2.62. The van der Waals surface area contributed by atoms with E-state index in [2.05, 4.69) is 19.9 Å². The van der Waals surface area contributed by atoms with Gasteiger partial charge in [0.15, 0.2) is 5.82 Å². The first-order valence-corrected chi connectivity index (χ1v) is 5.56. The van der Waals surface area contributed by atoms with Crippen molar-refractivity contribution in [3.8, 4) is 22.5 Å². The molecule has 86 valence electrons. The molecule has 3 rings (SSSR count). The Labute approximate surface area is 104 Å². The molecule has 0 amide bonds. The lowest BCUT2D eigenvalue weighted by atomic mass is 10.1. The van der Waals surface area contributed by atoms with E-state index >= 15 is 0 Å². The van der Waals surface area contributed by atoms with Crippen LogP contribution < -0.4 is 0 Å². The zero-order valence-electron chi connectivity index (χ0n) is 9.56. The molecule has 0 N–H and O–H groups in total. The van der Waals surface area contributed by atoms with Crippen molar-refractivity contribution < 1.29 is 0 Å². The minimum Gasteiger partial charge on any atom is -0.244 e. The molecule has 0 unspecified atom stereocenters. The highest BCUT2D eigenvalue weighted by molar-refractivity contribution is 5.68. The third-order valence-corrected chi connectivity index (χ3v) is 2.58. The van der Waals surface area contributed by atoms with Gasteiger partial charge in [-0.1, -0.05) is 18.2 Å². The van der Waals surface area contributed by atoms with Crippen LogP contribution in [0.4, 0.5) is 0 Å². The largest absolute Gasteiger partial charge is 0.244 e. The van der Waals surface area contributed by atoms with E-state index in [9.17, 15) is 0 Å². The van der Waals surface area contributed by atoms with Crippen molar-refractivity contribution in [3.63, 3.8) is 0 Å². The molecule has 2 aromatic heterocycles. The van der Waals surface area contributed by atoms with E-state index in [1.54, 1.807) is 30.9 Å². The lowest BCUT2D eigenvalue weighted by molar-refractivity contribution is 1.17. The van der Waals surface area contributed by atoms with Gasteiger partial charge in [-0.15, -0.1) is 0 Å². The van der Waals surface area contributed by atoms with Crippen molar-refractivity contribution >= 4 is 0 Å². The van der Waals surface area contributed by atoms with E-state index in [0.29, 0.717) is 0 Å². The summed E-state index contributed by atoms with van der Waals surface area (Å²) < 4.78 is 0. The van der Waals surface area contributed by atoms with Crippen molar-refractivity contribution in [2.75, 3.05) is 0 Å². The average molecular weight is 234 g/mol. The van der Waals surface area contributed by atoms with Crippen LogP contribution in [0.1, 0.15) is 0 Å². The van der Waals surface area contributed by atoms with Crippen molar-refractivity contribution in [3.05, 3.63) is 61.4 Å². The number of aromatic nitrogens is 4. The smallest absolute Gasteiger partial charge is 0.159 e. The lowest BCUT2D eigenvalue weighted by Gasteiger charge is -2.03. The Morgan fingerprint density at radius 3 is 2.22 bits per heavy atom. The van der Waals surface area contributed by atoms with Crippen molar-refractivity contribution in [2.45, 2.75) is 0 Å².